The van der Waals surface area contributed by atoms with Gasteiger partial charge in [0.05, 0.1) is 6.20 Å². The predicted molar refractivity (Wildman–Crippen MR) is 82.2 cm³/mol. The Morgan fingerprint density at radius 1 is 1.23 bits per heavy atom. The van der Waals surface area contributed by atoms with Gasteiger partial charge in [-0.1, -0.05) is 6.42 Å². The minimum Gasteiger partial charge on any atom is -0.347 e. The van der Waals surface area contributed by atoms with E-state index in [4.69, 9.17) is 0 Å². The van der Waals surface area contributed by atoms with Crippen molar-refractivity contribution >= 4 is 17.6 Å². The van der Waals surface area contributed by atoms with Crippen LogP contribution in [-0.2, 0) is 9.59 Å². The molecule has 7 heteroatoms. The van der Waals surface area contributed by atoms with Gasteiger partial charge in [0.25, 0.3) is 0 Å². The van der Waals surface area contributed by atoms with Crippen molar-refractivity contribution in [1.29, 1.82) is 0 Å². The highest BCUT2D eigenvalue weighted by Gasteiger charge is 2.33. The number of nitrogens with one attached hydrogen (secondary N) is 3. The Morgan fingerprint density at radius 3 is 2.91 bits per heavy atom. The molecule has 0 saturated carbocycles. The van der Waals surface area contributed by atoms with Gasteiger partial charge in [0.2, 0.25) is 0 Å². The van der Waals surface area contributed by atoms with Crippen LogP contribution in [0.15, 0.2) is 12.3 Å². The molecule has 2 saturated heterocycles. The molecule has 1 unspecified atom stereocenters. The largest absolute Gasteiger partial charge is 0.347 e. The summed E-state index contributed by atoms with van der Waals surface area (Å²) in [7, 11) is 0. The van der Waals surface area contributed by atoms with E-state index in [1.165, 1.54) is 45.0 Å². The van der Waals surface area contributed by atoms with Gasteiger partial charge in [-0.2, -0.15) is 5.10 Å². The molecule has 0 spiro atoms. The Morgan fingerprint density at radius 2 is 2.09 bits per heavy atom. The highest BCUT2D eigenvalue weighted by molar-refractivity contribution is 6.39. The molecule has 1 aromatic rings. The Kier molecular flexibility index (Phi) is 4.72. The van der Waals surface area contributed by atoms with E-state index in [2.05, 4.69) is 25.7 Å². The Hall–Kier alpha value is -1.89. The van der Waals surface area contributed by atoms with Crippen molar-refractivity contribution in [3.05, 3.63) is 12.3 Å². The summed E-state index contributed by atoms with van der Waals surface area (Å²) in [6.07, 6.45) is 7.59. The third kappa shape index (κ3) is 3.47. The molecular formula is C15H23N5O2. The molecular weight excluding hydrogens is 282 g/mol. The summed E-state index contributed by atoms with van der Waals surface area (Å²) in [5.41, 5.74) is 0. The highest BCUT2D eigenvalue weighted by atomic mass is 16.2. The number of carbonyl (C=O) groups excluding carboxylic acids is 2. The first kappa shape index (κ1) is 15.0. The quantitative estimate of drug-likeness (QED) is 0.718. The van der Waals surface area contributed by atoms with Crippen LogP contribution in [0.4, 0.5) is 5.82 Å². The van der Waals surface area contributed by atoms with Crippen molar-refractivity contribution in [2.45, 2.75) is 38.1 Å². The van der Waals surface area contributed by atoms with E-state index >= 15 is 0 Å². The molecule has 22 heavy (non-hydrogen) atoms. The summed E-state index contributed by atoms with van der Waals surface area (Å²) in [5, 5.41) is 11.6. The lowest BCUT2D eigenvalue weighted by atomic mass is 9.83. The number of anilines is 1. The molecule has 0 bridgehead atoms. The van der Waals surface area contributed by atoms with Crippen LogP contribution < -0.4 is 10.6 Å². The summed E-state index contributed by atoms with van der Waals surface area (Å²) in [4.78, 5) is 26.2. The van der Waals surface area contributed by atoms with Gasteiger partial charge < -0.3 is 15.5 Å². The van der Waals surface area contributed by atoms with E-state index in [-0.39, 0.29) is 0 Å². The molecule has 1 aromatic heterocycles. The lowest BCUT2D eigenvalue weighted by molar-refractivity contribution is -0.136. The van der Waals surface area contributed by atoms with Crippen molar-refractivity contribution in [1.82, 2.24) is 20.4 Å². The van der Waals surface area contributed by atoms with E-state index in [0.29, 0.717) is 24.3 Å². The lowest BCUT2D eigenvalue weighted by Gasteiger charge is -2.44. The average molecular weight is 305 g/mol. The average Bonchev–Trinajstić information content (AvgIpc) is 3.05. The lowest BCUT2D eigenvalue weighted by Crippen LogP contribution is -2.51. The van der Waals surface area contributed by atoms with Gasteiger partial charge in [-0.05, 0) is 44.7 Å². The van der Waals surface area contributed by atoms with E-state index in [0.717, 1.165) is 6.42 Å². The third-order valence-corrected chi connectivity index (χ3v) is 4.71. The van der Waals surface area contributed by atoms with Crippen LogP contribution in [-0.4, -0.2) is 52.6 Å². The van der Waals surface area contributed by atoms with Crippen LogP contribution in [0.25, 0.3) is 0 Å². The highest BCUT2D eigenvalue weighted by Crippen LogP contribution is 2.30. The topological polar surface area (TPSA) is 90.1 Å². The number of nitrogens with zero attached hydrogens (tertiary/aromatic N) is 2. The smallest absolute Gasteiger partial charge is 0.314 e. The molecule has 3 heterocycles. The maximum absolute atomic E-state index is 11.9. The number of amides is 2. The molecule has 0 aromatic carbocycles. The molecule has 2 fully saturated rings. The summed E-state index contributed by atoms with van der Waals surface area (Å²) < 4.78 is 0. The van der Waals surface area contributed by atoms with Crippen LogP contribution in [0.2, 0.25) is 0 Å². The van der Waals surface area contributed by atoms with Gasteiger partial charge in [0.15, 0.2) is 0 Å². The number of hydrogen-bond acceptors (Lipinski definition) is 4. The zero-order valence-electron chi connectivity index (χ0n) is 12.7. The summed E-state index contributed by atoms with van der Waals surface area (Å²) in [6, 6.07) is 2.17. The van der Waals surface area contributed by atoms with E-state index < -0.39 is 11.8 Å². The minimum absolute atomic E-state index is 0.427. The normalized spacial score (nSPS) is 25.3. The van der Waals surface area contributed by atoms with E-state index in [9.17, 15) is 9.59 Å². The number of H-pyrrole nitrogens is 1. The van der Waals surface area contributed by atoms with Crippen LogP contribution in [0.5, 0.6) is 0 Å². The minimum atomic E-state index is -0.652. The van der Waals surface area contributed by atoms with Crippen LogP contribution in [0.1, 0.15) is 32.1 Å². The zero-order valence-corrected chi connectivity index (χ0v) is 12.7. The molecule has 3 rings (SSSR count). The molecule has 0 radical (unpaired) electrons. The maximum Gasteiger partial charge on any atom is 0.314 e. The van der Waals surface area contributed by atoms with Gasteiger partial charge in [0, 0.05) is 18.7 Å². The standard InChI is InChI=1S/C15H23N5O2/c21-14(15(22)18-13-6-7-17-19-13)16-10-11-4-3-9-20-8-2-1-5-12(11)20/h6-7,11-12H,1-5,8-10H2,(H,16,21)(H2,17,18,19,22)/t11-,12?/m0/s1. The fourth-order valence-corrected chi connectivity index (χ4v) is 3.62. The molecule has 120 valence electrons. The first-order valence-corrected chi connectivity index (χ1v) is 8.06. The Bertz CT molecular complexity index is 514. The number of carbonyl (C=O) groups is 2. The van der Waals surface area contributed by atoms with Gasteiger partial charge in [-0.3, -0.25) is 14.7 Å². The predicted octanol–water partition coefficient (Wildman–Crippen LogP) is 0.729. The van der Waals surface area contributed by atoms with Crippen molar-refractivity contribution < 1.29 is 9.59 Å². The van der Waals surface area contributed by atoms with Gasteiger partial charge in [-0.15, -0.1) is 0 Å². The van der Waals surface area contributed by atoms with Crippen molar-refractivity contribution in [2.75, 3.05) is 25.0 Å². The molecule has 3 N–H and O–H groups in total. The number of piperidine rings is 2. The molecule has 0 aliphatic carbocycles. The fraction of sp³-hybridized carbons (Fsp3) is 0.667. The third-order valence-electron chi connectivity index (χ3n) is 4.71. The second-order valence-electron chi connectivity index (χ2n) is 6.14. The number of rotatable bonds is 3. The number of fused-ring (bicyclic) bond motifs is 1. The summed E-state index contributed by atoms with van der Waals surface area (Å²) in [5.74, 6) is -0.350. The number of aromatic amines is 1. The second-order valence-corrected chi connectivity index (χ2v) is 6.14. The van der Waals surface area contributed by atoms with Crippen LogP contribution >= 0.6 is 0 Å². The second kappa shape index (κ2) is 6.91. The van der Waals surface area contributed by atoms with Gasteiger partial charge >= 0.3 is 11.8 Å². The Labute approximate surface area is 129 Å². The van der Waals surface area contributed by atoms with Crippen LogP contribution in [0.3, 0.4) is 0 Å². The maximum atomic E-state index is 11.9. The monoisotopic (exact) mass is 305 g/mol. The number of aromatic nitrogens is 2. The molecule has 7 nitrogen and oxygen atoms in total. The molecule has 2 aliphatic heterocycles. The first-order chi connectivity index (χ1) is 10.7. The van der Waals surface area contributed by atoms with Crippen LogP contribution in [0, 0.1) is 5.92 Å². The molecule has 2 amide bonds. The molecule has 2 atom stereocenters. The van der Waals surface area contributed by atoms with Crippen molar-refractivity contribution in [3.63, 3.8) is 0 Å². The number of hydrogen-bond donors (Lipinski definition) is 3. The summed E-state index contributed by atoms with van der Waals surface area (Å²) in [6.45, 7) is 2.93. The fourth-order valence-electron chi connectivity index (χ4n) is 3.62. The Balaban J connectivity index is 1.48. The van der Waals surface area contributed by atoms with Gasteiger partial charge in [0.1, 0.15) is 5.82 Å². The zero-order chi connectivity index (χ0) is 15.4. The van der Waals surface area contributed by atoms with Crippen molar-refractivity contribution in [2.24, 2.45) is 5.92 Å². The summed E-state index contributed by atoms with van der Waals surface area (Å²) >= 11 is 0. The van der Waals surface area contributed by atoms with Crippen molar-refractivity contribution in [3.8, 4) is 0 Å². The van der Waals surface area contributed by atoms with E-state index in [1.807, 2.05) is 0 Å². The molecule has 2 aliphatic rings. The SMILES string of the molecule is O=C(NC[C@@H]1CCCN2CCCCC12)C(=O)Nc1ccn[nH]1. The van der Waals surface area contributed by atoms with Gasteiger partial charge in [-0.25, -0.2) is 0 Å². The van der Waals surface area contributed by atoms with E-state index in [1.54, 1.807) is 6.07 Å². The first-order valence-electron chi connectivity index (χ1n) is 8.06.